The van der Waals surface area contributed by atoms with Crippen LogP contribution in [-0.2, 0) is 9.53 Å². The molecule has 0 saturated carbocycles. The molecule has 1 N–H and O–H groups in total. The Hall–Kier alpha value is -1.39. The summed E-state index contributed by atoms with van der Waals surface area (Å²) in [6.45, 7) is 5.29. The van der Waals surface area contributed by atoms with Gasteiger partial charge in [0.1, 0.15) is 0 Å². The maximum Gasteiger partial charge on any atom is 0.232 e. The number of para-hydroxylation sites is 1. The first-order chi connectivity index (χ1) is 10.3. The highest BCUT2D eigenvalue weighted by Crippen LogP contribution is 2.35. The fourth-order valence-electron chi connectivity index (χ4n) is 3.27. The summed E-state index contributed by atoms with van der Waals surface area (Å²) in [6, 6.07) is 8.67. The Bertz CT molecular complexity index is 497. The second-order valence-corrected chi connectivity index (χ2v) is 5.90. The van der Waals surface area contributed by atoms with Gasteiger partial charge in [0.05, 0.1) is 12.5 Å². The maximum absolute atomic E-state index is 12.7. The molecule has 21 heavy (non-hydrogen) atoms. The van der Waals surface area contributed by atoms with E-state index >= 15 is 0 Å². The van der Waals surface area contributed by atoms with Crippen LogP contribution in [0.2, 0.25) is 0 Å². The molecule has 0 aliphatic carbocycles. The van der Waals surface area contributed by atoms with Crippen LogP contribution in [0.5, 0.6) is 0 Å². The summed E-state index contributed by atoms with van der Waals surface area (Å²) in [7, 11) is 0. The molecule has 114 valence electrons. The molecular formula is C17H24N2O2. The SMILES string of the molecule is CCCNC1CCN(C(=O)C2CCOC2)c2ccccc21. The minimum Gasteiger partial charge on any atom is -0.381 e. The monoisotopic (exact) mass is 288 g/mol. The molecule has 1 aromatic rings. The summed E-state index contributed by atoms with van der Waals surface area (Å²) < 4.78 is 5.37. The molecule has 2 aliphatic rings. The van der Waals surface area contributed by atoms with Gasteiger partial charge in [0.2, 0.25) is 5.91 Å². The van der Waals surface area contributed by atoms with E-state index in [9.17, 15) is 4.79 Å². The van der Waals surface area contributed by atoms with Crippen LogP contribution < -0.4 is 10.2 Å². The van der Waals surface area contributed by atoms with Gasteiger partial charge in [-0.2, -0.15) is 0 Å². The molecule has 2 atom stereocenters. The maximum atomic E-state index is 12.7. The van der Waals surface area contributed by atoms with Crippen molar-refractivity contribution in [3.8, 4) is 0 Å². The highest BCUT2D eigenvalue weighted by atomic mass is 16.5. The number of carbonyl (C=O) groups is 1. The molecule has 1 fully saturated rings. The Morgan fingerprint density at radius 3 is 3.00 bits per heavy atom. The summed E-state index contributed by atoms with van der Waals surface area (Å²) in [5.41, 5.74) is 2.33. The normalized spacial score (nSPS) is 24.9. The van der Waals surface area contributed by atoms with E-state index in [1.807, 2.05) is 11.0 Å². The van der Waals surface area contributed by atoms with E-state index in [0.29, 0.717) is 19.3 Å². The predicted octanol–water partition coefficient (Wildman–Crippen LogP) is 2.50. The Morgan fingerprint density at radius 1 is 1.38 bits per heavy atom. The lowest BCUT2D eigenvalue weighted by molar-refractivity contribution is -0.122. The Balaban J connectivity index is 1.82. The van der Waals surface area contributed by atoms with Gasteiger partial charge in [-0.3, -0.25) is 4.79 Å². The first-order valence-corrected chi connectivity index (χ1v) is 8.02. The molecular weight excluding hydrogens is 264 g/mol. The Labute approximate surface area is 126 Å². The minimum atomic E-state index is 0.0400. The average Bonchev–Trinajstić information content (AvgIpc) is 3.06. The zero-order valence-electron chi connectivity index (χ0n) is 12.7. The minimum absolute atomic E-state index is 0.0400. The van der Waals surface area contributed by atoms with Crippen LogP contribution in [0.25, 0.3) is 0 Å². The fourth-order valence-corrected chi connectivity index (χ4v) is 3.27. The number of amides is 1. The highest BCUT2D eigenvalue weighted by Gasteiger charge is 2.33. The lowest BCUT2D eigenvalue weighted by atomic mass is 9.94. The molecule has 4 nitrogen and oxygen atoms in total. The second kappa shape index (κ2) is 6.58. The number of ether oxygens (including phenoxy) is 1. The van der Waals surface area contributed by atoms with Crippen LogP contribution in [0.1, 0.15) is 37.8 Å². The summed E-state index contributed by atoms with van der Waals surface area (Å²) in [4.78, 5) is 14.7. The lowest BCUT2D eigenvalue weighted by Gasteiger charge is -2.36. The first-order valence-electron chi connectivity index (χ1n) is 8.02. The van der Waals surface area contributed by atoms with E-state index < -0.39 is 0 Å². The van der Waals surface area contributed by atoms with Gasteiger partial charge in [0, 0.05) is 24.9 Å². The van der Waals surface area contributed by atoms with Gasteiger partial charge in [0.25, 0.3) is 0 Å². The molecule has 0 bridgehead atoms. The summed E-state index contributed by atoms with van der Waals surface area (Å²) in [6.07, 6.45) is 2.96. The average molecular weight is 288 g/mol. The van der Waals surface area contributed by atoms with Crippen molar-refractivity contribution in [2.75, 3.05) is 31.2 Å². The van der Waals surface area contributed by atoms with Crippen molar-refractivity contribution in [1.29, 1.82) is 0 Å². The quantitative estimate of drug-likeness (QED) is 0.925. The molecule has 0 spiro atoms. The van der Waals surface area contributed by atoms with Crippen LogP contribution in [0.15, 0.2) is 24.3 Å². The van der Waals surface area contributed by atoms with Gasteiger partial charge < -0.3 is 15.0 Å². The zero-order chi connectivity index (χ0) is 14.7. The van der Waals surface area contributed by atoms with Crippen LogP contribution in [0, 0.1) is 5.92 Å². The smallest absolute Gasteiger partial charge is 0.232 e. The Kier molecular flexibility index (Phi) is 4.56. The van der Waals surface area contributed by atoms with Gasteiger partial charge in [0.15, 0.2) is 0 Å². The van der Waals surface area contributed by atoms with E-state index in [4.69, 9.17) is 4.74 Å². The van der Waals surface area contributed by atoms with Crippen molar-refractivity contribution in [3.63, 3.8) is 0 Å². The molecule has 2 unspecified atom stereocenters. The van der Waals surface area contributed by atoms with Crippen LogP contribution in [0.3, 0.4) is 0 Å². The summed E-state index contributed by atoms with van der Waals surface area (Å²) >= 11 is 0. The Morgan fingerprint density at radius 2 is 2.24 bits per heavy atom. The lowest BCUT2D eigenvalue weighted by Crippen LogP contribution is -2.42. The van der Waals surface area contributed by atoms with Crippen molar-refractivity contribution in [1.82, 2.24) is 5.32 Å². The topological polar surface area (TPSA) is 41.6 Å². The van der Waals surface area contributed by atoms with E-state index in [1.54, 1.807) is 0 Å². The summed E-state index contributed by atoms with van der Waals surface area (Å²) in [5, 5.41) is 3.59. The van der Waals surface area contributed by atoms with E-state index in [1.165, 1.54) is 5.56 Å². The second-order valence-electron chi connectivity index (χ2n) is 5.90. The number of benzene rings is 1. The van der Waals surface area contributed by atoms with Gasteiger partial charge in [-0.1, -0.05) is 25.1 Å². The molecule has 1 saturated heterocycles. The third-order valence-corrected chi connectivity index (χ3v) is 4.43. The molecule has 1 aromatic carbocycles. The van der Waals surface area contributed by atoms with Crippen molar-refractivity contribution in [2.24, 2.45) is 5.92 Å². The van der Waals surface area contributed by atoms with Gasteiger partial charge in [-0.25, -0.2) is 0 Å². The predicted molar refractivity (Wildman–Crippen MR) is 83.4 cm³/mol. The van der Waals surface area contributed by atoms with Crippen molar-refractivity contribution in [3.05, 3.63) is 29.8 Å². The molecule has 4 heteroatoms. The number of nitrogens with one attached hydrogen (secondary N) is 1. The number of carbonyl (C=O) groups excluding carboxylic acids is 1. The van der Waals surface area contributed by atoms with Crippen molar-refractivity contribution in [2.45, 2.75) is 32.2 Å². The van der Waals surface area contributed by atoms with Crippen LogP contribution in [-0.4, -0.2) is 32.2 Å². The fraction of sp³-hybridized carbons (Fsp3) is 0.588. The standard InChI is InChI=1S/C17H24N2O2/c1-2-9-18-15-7-10-19(16-6-4-3-5-14(15)16)17(20)13-8-11-21-12-13/h3-6,13,15,18H,2,7-12H2,1H3. The van der Waals surface area contributed by atoms with Crippen LogP contribution in [0.4, 0.5) is 5.69 Å². The molecule has 3 rings (SSSR count). The number of rotatable bonds is 4. The van der Waals surface area contributed by atoms with E-state index in [0.717, 1.165) is 38.0 Å². The number of hydrogen-bond donors (Lipinski definition) is 1. The molecule has 0 aromatic heterocycles. The molecule has 0 radical (unpaired) electrons. The van der Waals surface area contributed by atoms with E-state index in [-0.39, 0.29) is 11.8 Å². The van der Waals surface area contributed by atoms with Gasteiger partial charge >= 0.3 is 0 Å². The zero-order valence-corrected chi connectivity index (χ0v) is 12.7. The number of anilines is 1. The van der Waals surface area contributed by atoms with Crippen LogP contribution >= 0.6 is 0 Å². The van der Waals surface area contributed by atoms with Crippen molar-refractivity contribution < 1.29 is 9.53 Å². The largest absolute Gasteiger partial charge is 0.381 e. The van der Waals surface area contributed by atoms with E-state index in [2.05, 4.69) is 30.4 Å². The third-order valence-electron chi connectivity index (χ3n) is 4.43. The molecule has 2 aliphatic heterocycles. The van der Waals surface area contributed by atoms with Gasteiger partial charge in [-0.15, -0.1) is 0 Å². The number of fused-ring (bicyclic) bond motifs is 1. The number of nitrogens with zero attached hydrogens (tertiary/aromatic N) is 1. The van der Waals surface area contributed by atoms with Crippen molar-refractivity contribution >= 4 is 11.6 Å². The third kappa shape index (κ3) is 2.97. The molecule has 1 amide bonds. The molecule has 2 heterocycles. The number of hydrogen-bond acceptors (Lipinski definition) is 3. The summed E-state index contributed by atoms with van der Waals surface area (Å²) in [5.74, 6) is 0.270. The first kappa shape index (κ1) is 14.5. The van der Waals surface area contributed by atoms with Gasteiger partial charge in [-0.05, 0) is 37.4 Å². The highest BCUT2D eigenvalue weighted by molar-refractivity contribution is 5.96.